The molecule has 0 N–H and O–H groups in total. The van der Waals surface area contributed by atoms with Crippen molar-refractivity contribution in [1.82, 2.24) is 0 Å². The molecule has 0 saturated heterocycles. The molecule has 0 amide bonds. The Labute approximate surface area is 78.9 Å². The molecule has 0 spiro atoms. The Balaban J connectivity index is 2.91. The van der Waals surface area contributed by atoms with E-state index in [2.05, 4.69) is 0 Å². The molecule has 0 atom stereocenters. The van der Waals surface area contributed by atoms with Crippen LogP contribution in [0.3, 0.4) is 0 Å². The summed E-state index contributed by atoms with van der Waals surface area (Å²) >= 11 is 0. The molecule has 1 aromatic carbocycles. The molecule has 0 unspecified atom stereocenters. The summed E-state index contributed by atoms with van der Waals surface area (Å²) in [6, 6.07) is 7.75. The lowest BCUT2D eigenvalue weighted by molar-refractivity contribution is -0.580. The van der Waals surface area contributed by atoms with Crippen molar-refractivity contribution in [2.24, 2.45) is 0 Å². The Kier molecular flexibility index (Phi) is 1.78. The topological polar surface area (TPSA) is 70.1 Å². The van der Waals surface area contributed by atoms with E-state index < -0.39 is 4.92 Å². The quantitative estimate of drug-likeness (QED) is 0.295. The lowest BCUT2D eigenvalue weighted by Crippen LogP contribution is -2.26. The van der Waals surface area contributed by atoms with Crippen molar-refractivity contribution in [3.63, 3.8) is 0 Å². The van der Waals surface area contributed by atoms with Crippen LogP contribution in [0.2, 0.25) is 0 Å². The van der Waals surface area contributed by atoms with Crippen molar-refractivity contribution in [3.05, 3.63) is 51.9 Å². The normalized spacial score (nSPS) is 10.3. The van der Waals surface area contributed by atoms with Gasteiger partial charge in [0.1, 0.15) is 0 Å². The zero-order valence-electron chi connectivity index (χ0n) is 7.08. The van der Waals surface area contributed by atoms with Gasteiger partial charge in [-0.15, -0.1) is 0 Å². The molecule has 1 aromatic heterocycles. The van der Waals surface area contributed by atoms with Crippen LogP contribution in [0.4, 0.5) is 5.69 Å². The minimum Gasteiger partial charge on any atom is -0.618 e. The fourth-order valence-electron chi connectivity index (χ4n) is 1.37. The molecule has 0 bridgehead atoms. The predicted octanol–water partition coefficient (Wildman–Crippen LogP) is 1.38. The second kappa shape index (κ2) is 2.95. The van der Waals surface area contributed by atoms with Gasteiger partial charge in [-0.25, -0.2) is 0 Å². The van der Waals surface area contributed by atoms with Crippen LogP contribution in [-0.2, 0) is 0 Å². The number of non-ortho nitro benzene ring substituents is 1. The van der Waals surface area contributed by atoms with Gasteiger partial charge in [-0.3, -0.25) is 10.1 Å². The van der Waals surface area contributed by atoms with E-state index in [1.165, 1.54) is 12.3 Å². The van der Waals surface area contributed by atoms with Gasteiger partial charge in [0.25, 0.3) is 0 Å². The average Bonchev–Trinajstić information content (AvgIpc) is 2.17. The van der Waals surface area contributed by atoms with Gasteiger partial charge in [0, 0.05) is 12.1 Å². The van der Waals surface area contributed by atoms with Crippen LogP contribution in [0.25, 0.3) is 10.9 Å². The van der Waals surface area contributed by atoms with Gasteiger partial charge in [-0.2, -0.15) is 4.73 Å². The highest BCUT2D eigenvalue weighted by Gasteiger charge is 2.18. The Hall–Kier alpha value is -2.17. The highest BCUT2D eigenvalue weighted by atomic mass is 16.6. The molecule has 70 valence electrons. The smallest absolute Gasteiger partial charge is 0.341 e. The van der Waals surface area contributed by atoms with E-state index in [4.69, 9.17) is 0 Å². The monoisotopic (exact) mass is 190 g/mol. The molecule has 2 aromatic rings. The fourth-order valence-corrected chi connectivity index (χ4v) is 1.37. The molecular formula is C9H6N2O3. The van der Waals surface area contributed by atoms with E-state index in [0.29, 0.717) is 10.1 Å². The maximum absolute atomic E-state index is 11.3. The van der Waals surface area contributed by atoms with Gasteiger partial charge in [0.05, 0.1) is 10.3 Å². The number of pyridine rings is 1. The summed E-state index contributed by atoms with van der Waals surface area (Å²) in [5.41, 5.74) is -0.0712. The number of hydrogen-bond acceptors (Lipinski definition) is 3. The molecule has 0 aliphatic carbocycles. The molecule has 5 nitrogen and oxygen atoms in total. The summed E-state index contributed by atoms with van der Waals surface area (Å²) in [5.74, 6) is 0. The van der Waals surface area contributed by atoms with Gasteiger partial charge in [-0.05, 0) is 12.1 Å². The Morgan fingerprint density at radius 2 is 1.93 bits per heavy atom. The summed E-state index contributed by atoms with van der Waals surface area (Å²) in [6.07, 6.45) is 1.25. The summed E-state index contributed by atoms with van der Waals surface area (Å²) < 4.78 is 0.507. The highest BCUT2D eigenvalue weighted by molar-refractivity contribution is 5.83. The third-order valence-electron chi connectivity index (χ3n) is 1.96. The zero-order valence-corrected chi connectivity index (χ0v) is 7.08. The Morgan fingerprint density at radius 1 is 1.21 bits per heavy atom. The van der Waals surface area contributed by atoms with Crippen molar-refractivity contribution in [2.45, 2.75) is 0 Å². The highest BCUT2D eigenvalue weighted by Crippen LogP contribution is 2.20. The maximum Gasteiger partial charge on any atom is 0.341 e. The van der Waals surface area contributed by atoms with Crippen LogP contribution in [0.1, 0.15) is 0 Å². The van der Waals surface area contributed by atoms with Gasteiger partial charge >= 0.3 is 11.2 Å². The molecule has 0 aliphatic heterocycles. The Bertz CT molecular complexity index is 505. The molecule has 0 saturated carbocycles. The first-order valence-electron chi connectivity index (χ1n) is 3.95. The van der Waals surface area contributed by atoms with Crippen LogP contribution in [0, 0.1) is 15.3 Å². The van der Waals surface area contributed by atoms with E-state index in [9.17, 15) is 15.3 Å². The van der Waals surface area contributed by atoms with Crippen molar-refractivity contribution < 1.29 is 9.65 Å². The number of hydrogen-bond donors (Lipinski definition) is 0. The lowest BCUT2D eigenvalue weighted by atomic mass is 10.2. The van der Waals surface area contributed by atoms with E-state index >= 15 is 0 Å². The van der Waals surface area contributed by atoms with Crippen molar-refractivity contribution in [3.8, 4) is 0 Å². The second-order valence-electron chi connectivity index (χ2n) is 2.81. The number of aromatic nitrogens is 1. The minimum absolute atomic E-state index is 0.0972. The molecule has 2 rings (SSSR count). The van der Waals surface area contributed by atoms with Crippen LogP contribution in [0.15, 0.2) is 36.5 Å². The van der Waals surface area contributed by atoms with E-state index in [-0.39, 0.29) is 11.2 Å². The van der Waals surface area contributed by atoms with E-state index in [0.717, 1.165) is 0 Å². The molecule has 0 fully saturated rings. The standard InChI is InChI=1S/C9H6N2O3/c12-10-6-2-4-7-3-1-5-8(9(7)10)11(13)14/h1-6H. The minimum atomic E-state index is -0.559. The summed E-state index contributed by atoms with van der Waals surface area (Å²) in [6.45, 7) is 0. The SMILES string of the molecule is O=[N+]([O-])c1cccc2ccc[n+]([O-])c12. The van der Waals surface area contributed by atoms with Crippen molar-refractivity contribution in [2.75, 3.05) is 0 Å². The van der Waals surface area contributed by atoms with Gasteiger partial charge < -0.3 is 5.21 Å². The average molecular weight is 190 g/mol. The molecule has 0 radical (unpaired) electrons. The third kappa shape index (κ3) is 1.15. The van der Waals surface area contributed by atoms with Crippen LogP contribution < -0.4 is 4.73 Å². The van der Waals surface area contributed by atoms with Gasteiger partial charge in [0.2, 0.25) is 0 Å². The summed E-state index contributed by atoms with van der Waals surface area (Å²) in [7, 11) is 0. The van der Waals surface area contributed by atoms with E-state index in [1.54, 1.807) is 24.3 Å². The number of nitro benzene ring substituents is 1. The lowest BCUT2D eigenvalue weighted by Gasteiger charge is -2.00. The molecule has 0 aliphatic rings. The summed E-state index contributed by atoms with van der Waals surface area (Å²) in [4.78, 5) is 10.1. The maximum atomic E-state index is 11.3. The third-order valence-corrected chi connectivity index (χ3v) is 1.96. The van der Waals surface area contributed by atoms with Gasteiger partial charge in [-0.1, -0.05) is 6.07 Å². The largest absolute Gasteiger partial charge is 0.618 e. The van der Waals surface area contributed by atoms with E-state index in [1.807, 2.05) is 0 Å². The first-order chi connectivity index (χ1) is 6.70. The number of nitro groups is 1. The van der Waals surface area contributed by atoms with Crippen molar-refractivity contribution in [1.29, 1.82) is 0 Å². The van der Waals surface area contributed by atoms with Crippen LogP contribution in [-0.4, -0.2) is 4.92 Å². The molecule has 5 heteroatoms. The van der Waals surface area contributed by atoms with Crippen LogP contribution in [0.5, 0.6) is 0 Å². The number of para-hydroxylation sites is 1. The number of fused-ring (bicyclic) bond motifs is 1. The van der Waals surface area contributed by atoms with Crippen molar-refractivity contribution >= 4 is 16.6 Å². The molecule has 1 heterocycles. The number of rotatable bonds is 1. The number of nitrogens with zero attached hydrogens (tertiary/aromatic N) is 2. The molecule has 14 heavy (non-hydrogen) atoms. The van der Waals surface area contributed by atoms with Gasteiger partial charge in [0.15, 0.2) is 6.20 Å². The summed E-state index contributed by atoms with van der Waals surface area (Å²) in [5, 5.41) is 22.5. The van der Waals surface area contributed by atoms with Crippen LogP contribution >= 0.6 is 0 Å². The molecular weight excluding hydrogens is 184 g/mol. The number of benzene rings is 1. The first-order valence-corrected chi connectivity index (χ1v) is 3.95. The second-order valence-corrected chi connectivity index (χ2v) is 2.81. The Morgan fingerprint density at radius 3 is 2.64 bits per heavy atom. The first kappa shape index (κ1) is 8.43. The zero-order chi connectivity index (χ0) is 10.1. The fraction of sp³-hybridized carbons (Fsp3) is 0. The predicted molar refractivity (Wildman–Crippen MR) is 49.6 cm³/mol.